The van der Waals surface area contributed by atoms with Gasteiger partial charge in [0.05, 0.1) is 0 Å². The van der Waals surface area contributed by atoms with Crippen molar-refractivity contribution in [1.29, 1.82) is 0 Å². The van der Waals surface area contributed by atoms with Crippen molar-refractivity contribution in [1.82, 2.24) is 0 Å². The fourth-order valence-corrected chi connectivity index (χ4v) is 3.15. The topological polar surface area (TPSA) is 12.0 Å². The van der Waals surface area contributed by atoms with E-state index in [0.717, 1.165) is 15.7 Å². The van der Waals surface area contributed by atoms with Gasteiger partial charge in [-0.05, 0) is 47.5 Å². The van der Waals surface area contributed by atoms with E-state index < -0.39 is 0 Å². The number of rotatable bonds is 3. The highest BCUT2D eigenvalue weighted by Gasteiger charge is 2.10. The third-order valence-electron chi connectivity index (χ3n) is 3.56. The van der Waals surface area contributed by atoms with Crippen LogP contribution in [0.15, 0.2) is 65.1 Å². The molecule has 3 aromatic rings. The van der Waals surface area contributed by atoms with Crippen molar-refractivity contribution in [2.75, 3.05) is 5.32 Å². The van der Waals surface area contributed by atoms with Crippen LogP contribution in [0.2, 0.25) is 0 Å². The molecule has 106 valence electrons. The van der Waals surface area contributed by atoms with Crippen molar-refractivity contribution in [3.63, 3.8) is 0 Å². The van der Waals surface area contributed by atoms with E-state index in [1.807, 2.05) is 12.1 Å². The minimum Gasteiger partial charge on any atom is -0.378 e. The molecule has 21 heavy (non-hydrogen) atoms. The number of anilines is 1. The van der Waals surface area contributed by atoms with E-state index in [-0.39, 0.29) is 11.9 Å². The van der Waals surface area contributed by atoms with Crippen LogP contribution < -0.4 is 5.32 Å². The lowest BCUT2D eigenvalue weighted by molar-refractivity contribution is 0.625. The third-order valence-corrected chi connectivity index (χ3v) is 4.25. The molecule has 0 aliphatic carbocycles. The molecular formula is C18H15BrFN. The zero-order chi connectivity index (χ0) is 14.8. The van der Waals surface area contributed by atoms with Crippen molar-refractivity contribution in [2.24, 2.45) is 0 Å². The maximum Gasteiger partial charge on any atom is 0.124 e. The van der Waals surface area contributed by atoms with Gasteiger partial charge in [-0.15, -0.1) is 0 Å². The van der Waals surface area contributed by atoms with Gasteiger partial charge in [-0.2, -0.15) is 0 Å². The van der Waals surface area contributed by atoms with Gasteiger partial charge in [0.25, 0.3) is 0 Å². The fourth-order valence-electron chi connectivity index (χ4n) is 2.46. The number of hydrogen-bond acceptors (Lipinski definition) is 1. The number of benzene rings is 3. The average Bonchev–Trinajstić information content (AvgIpc) is 2.47. The summed E-state index contributed by atoms with van der Waals surface area (Å²) in [7, 11) is 0. The summed E-state index contributed by atoms with van der Waals surface area (Å²) in [5, 5.41) is 5.88. The Hall–Kier alpha value is -1.87. The number of hydrogen-bond donors (Lipinski definition) is 1. The smallest absolute Gasteiger partial charge is 0.124 e. The molecule has 1 nitrogen and oxygen atoms in total. The van der Waals surface area contributed by atoms with E-state index in [1.54, 1.807) is 6.07 Å². The molecule has 0 aromatic heterocycles. The van der Waals surface area contributed by atoms with Crippen LogP contribution in [0.4, 0.5) is 10.1 Å². The maximum absolute atomic E-state index is 13.2. The second-order valence-electron chi connectivity index (χ2n) is 5.09. The largest absolute Gasteiger partial charge is 0.378 e. The van der Waals surface area contributed by atoms with Gasteiger partial charge in [0.1, 0.15) is 5.82 Å². The Morgan fingerprint density at radius 2 is 1.71 bits per heavy atom. The molecule has 3 rings (SSSR count). The Morgan fingerprint density at radius 1 is 0.952 bits per heavy atom. The summed E-state index contributed by atoms with van der Waals surface area (Å²) in [5.41, 5.74) is 2.09. The summed E-state index contributed by atoms with van der Waals surface area (Å²) < 4.78 is 13.9. The second kappa shape index (κ2) is 5.86. The van der Waals surface area contributed by atoms with E-state index in [9.17, 15) is 4.39 Å². The van der Waals surface area contributed by atoms with Crippen LogP contribution in [0.25, 0.3) is 10.8 Å². The lowest BCUT2D eigenvalue weighted by Crippen LogP contribution is -2.07. The van der Waals surface area contributed by atoms with Crippen molar-refractivity contribution in [3.05, 3.63) is 76.5 Å². The summed E-state index contributed by atoms with van der Waals surface area (Å²) in [4.78, 5) is 0. The number of fused-ring (bicyclic) bond motifs is 1. The van der Waals surface area contributed by atoms with E-state index in [0.29, 0.717) is 0 Å². The van der Waals surface area contributed by atoms with Crippen molar-refractivity contribution in [3.8, 4) is 0 Å². The van der Waals surface area contributed by atoms with Gasteiger partial charge < -0.3 is 5.32 Å². The van der Waals surface area contributed by atoms with Crippen LogP contribution in [0, 0.1) is 5.82 Å². The van der Waals surface area contributed by atoms with Crippen molar-refractivity contribution < 1.29 is 4.39 Å². The van der Waals surface area contributed by atoms with Crippen LogP contribution in [0.5, 0.6) is 0 Å². The first-order valence-corrected chi connectivity index (χ1v) is 7.63. The molecule has 3 aromatic carbocycles. The molecule has 0 saturated carbocycles. The fraction of sp³-hybridized carbons (Fsp3) is 0.111. The normalized spacial score (nSPS) is 12.3. The Bertz CT molecular complexity index is 785. The maximum atomic E-state index is 13.2. The van der Waals surface area contributed by atoms with Crippen LogP contribution in [0.1, 0.15) is 18.5 Å². The van der Waals surface area contributed by atoms with Gasteiger partial charge in [-0.25, -0.2) is 4.39 Å². The highest BCUT2D eigenvalue weighted by Crippen LogP contribution is 2.28. The highest BCUT2D eigenvalue weighted by atomic mass is 79.9. The Balaban J connectivity index is 1.87. The molecule has 1 N–H and O–H groups in total. The first-order valence-electron chi connectivity index (χ1n) is 6.84. The summed E-state index contributed by atoms with van der Waals surface area (Å²) in [5.74, 6) is -0.233. The van der Waals surface area contributed by atoms with Crippen molar-refractivity contribution in [2.45, 2.75) is 13.0 Å². The molecule has 0 fully saturated rings. The minimum atomic E-state index is -0.233. The SMILES string of the molecule is CC(Nc1ccc2ccccc2c1)c1ccc(F)cc1Br. The molecule has 3 heteroatoms. The summed E-state index contributed by atoms with van der Waals surface area (Å²) in [6, 6.07) is 19.4. The monoisotopic (exact) mass is 343 g/mol. The first-order chi connectivity index (χ1) is 10.1. The van der Waals surface area contributed by atoms with Gasteiger partial charge in [-0.3, -0.25) is 0 Å². The van der Waals surface area contributed by atoms with Crippen LogP contribution in [-0.4, -0.2) is 0 Å². The lowest BCUT2D eigenvalue weighted by atomic mass is 10.1. The van der Waals surface area contributed by atoms with E-state index in [1.165, 1.54) is 22.9 Å². The molecule has 1 atom stereocenters. The minimum absolute atomic E-state index is 0.0844. The lowest BCUT2D eigenvalue weighted by Gasteiger charge is -2.17. The van der Waals surface area contributed by atoms with Gasteiger partial charge in [0.15, 0.2) is 0 Å². The molecule has 0 saturated heterocycles. The van der Waals surface area contributed by atoms with E-state index >= 15 is 0 Å². The Kier molecular flexibility index (Phi) is 3.93. The second-order valence-corrected chi connectivity index (χ2v) is 5.95. The summed E-state index contributed by atoms with van der Waals surface area (Å²) >= 11 is 3.42. The van der Waals surface area contributed by atoms with Gasteiger partial charge >= 0.3 is 0 Å². The highest BCUT2D eigenvalue weighted by molar-refractivity contribution is 9.10. The number of halogens is 2. The summed E-state index contributed by atoms with van der Waals surface area (Å²) in [6.45, 7) is 2.06. The molecular weight excluding hydrogens is 329 g/mol. The predicted molar refractivity (Wildman–Crippen MR) is 90.1 cm³/mol. The molecule has 0 bridgehead atoms. The summed E-state index contributed by atoms with van der Waals surface area (Å²) in [6.07, 6.45) is 0. The predicted octanol–water partition coefficient (Wildman–Crippen LogP) is 5.91. The molecule has 0 amide bonds. The standard InChI is InChI=1S/C18H15BrFN/c1-12(17-9-7-15(20)11-18(17)19)21-16-8-6-13-4-2-3-5-14(13)10-16/h2-12,21H,1H3. The molecule has 1 unspecified atom stereocenters. The third kappa shape index (κ3) is 3.08. The van der Waals surface area contributed by atoms with Gasteiger partial charge in [-0.1, -0.05) is 52.3 Å². The Labute approximate surface area is 131 Å². The molecule has 0 aliphatic rings. The van der Waals surface area contributed by atoms with Gasteiger partial charge in [0.2, 0.25) is 0 Å². The van der Waals surface area contributed by atoms with Crippen molar-refractivity contribution >= 4 is 32.4 Å². The van der Waals surface area contributed by atoms with E-state index in [4.69, 9.17) is 0 Å². The first kappa shape index (κ1) is 14.1. The van der Waals surface area contributed by atoms with Crippen LogP contribution >= 0.6 is 15.9 Å². The van der Waals surface area contributed by atoms with E-state index in [2.05, 4.69) is 58.5 Å². The zero-order valence-corrected chi connectivity index (χ0v) is 13.2. The quantitative estimate of drug-likeness (QED) is 0.622. The number of nitrogens with one attached hydrogen (secondary N) is 1. The van der Waals surface area contributed by atoms with Crippen LogP contribution in [-0.2, 0) is 0 Å². The van der Waals surface area contributed by atoms with Gasteiger partial charge in [0, 0.05) is 16.2 Å². The zero-order valence-electron chi connectivity index (χ0n) is 11.6. The Morgan fingerprint density at radius 3 is 2.48 bits per heavy atom. The molecule has 0 radical (unpaired) electrons. The molecule has 0 aliphatic heterocycles. The average molecular weight is 344 g/mol. The van der Waals surface area contributed by atoms with Crippen LogP contribution in [0.3, 0.4) is 0 Å². The molecule has 0 spiro atoms. The molecule has 0 heterocycles.